The zero-order valence-corrected chi connectivity index (χ0v) is 16.0. The second-order valence-corrected chi connectivity index (χ2v) is 8.45. The van der Waals surface area contributed by atoms with Crippen molar-refractivity contribution in [3.63, 3.8) is 0 Å². The Hall–Kier alpha value is -2.10. The predicted octanol–water partition coefficient (Wildman–Crippen LogP) is 1.83. The van der Waals surface area contributed by atoms with Gasteiger partial charge in [-0.1, -0.05) is 0 Å². The van der Waals surface area contributed by atoms with Crippen LogP contribution in [0, 0.1) is 0 Å². The first-order chi connectivity index (χ1) is 13.1. The molecule has 0 N–H and O–H groups in total. The Kier molecular flexibility index (Phi) is 5.07. The topological polar surface area (TPSA) is 82.9 Å². The molecule has 0 bridgehead atoms. The molecule has 146 valence electrons. The fourth-order valence-corrected chi connectivity index (χ4v) is 4.66. The minimum Gasteiger partial charge on any atom is -0.490 e. The fraction of sp³-hybridized carbons (Fsp3) is 0.500. The Morgan fingerprint density at radius 3 is 2.78 bits per heavy atom. The lowest BCUT2D eigenvalue weighted by molar-refractivity contribution is -0.00260. The Balaban J connectivity index is 1.57. The Labute approximate surface area is 158 Å². The molecule has 1 saturated heterocycles. The van der Waals surface area contributed by atoms with E-state index in [0.717, 1.165) is 18.5 Å². The minimum atomic E-state index is -3.66. The molecule has 3 heterocycles. The van der Waals surface area contributed by atoms with Gasteiger partial charge in [0, 0.05) is 43.9 Å². The zero-order valence-electron chi connectivity index (χ0n) is 15.2. The predicted molar refractivity (Wildman–Crippen MR) is 97.4 cm³/mol. The first kappa shape index (κ1) is 18.3. The first-order valence-electron chi connectivity index (χ1n) is 9.11. The van der Waals surface area contributed by atoms with Crippen molar-refractivity contribution < 1.29 is 22.6 Å². The minimum absolute atomic E-state index is 0.205. The maximum atomic E-state index is 13.2. The molecular weight excluding hydrogens is 370 g/mol. The third-order valence-electron chi connectivity index (χ3n) is 4.73. The molecule has 0 radical (unpaired) electrons. The number of ether oxygens (including phenoxy) is 3. The molecule has 9 heteroatoms. The largest absolute Gasteiger partial charge is 0.490 e. The van der Waals surface area contributed by atoms with Gasteiger partial charge in [0.15, 0.2) is 11.5 Å². The average molecular weight is 393 g/mol. The summed E-state index contributed by atoms with van der Waals surface area (Å²) in [6, 6.07) is 4.79. The van der Waals surface area contributed by atoms with Crippen LogP contribution >= 0.6 is 0 Å². The van der Waals surface area contributed by atoms with Crippen molar-refractivity contribution in [2.45, 2.75) is 30.9 Å². The van der Waals surface area contributed by atoms with Crippen molar-refractivity contribution in [2.24, 2.45) is 0 Å². The van der Waals surface area contributed by atoms with Crippen LogP contribution in [0.15, 0.2) is 35.5 Å². The number of rotatable bonds is 4. The van der Waals surface area contributed by atoms with Crippen LogP contribution in [-0.2, 0) is 21.3 Å². The normalized spacial score (nSPS) is 21.0. The number of aromatic nitrogens is 2. The highest BCUT2D eigenvalue weighted by molar-refractivity contribution is 7.89. The van der Waals surface area contributed by atoms with Crippen LogP contribution in [-0.4, -0.2) is 55.4 Å². The second-order valence-electron chi connectivity index (χ2n) is 6.51. The van der Waals surface area contributed by atoms with Crippen molar-refractivity contribution in [1.29, 1.82) is 0 Å². The highest BCUT2D eigenvalue weighted by atomic mass is 32.2. The Bertz CT molecular complexity index is 911. The van der Waals surface area contributed by atoms with Crippen molar-refractivity contribution in [3.8, 4) is 11.5 Å². The molecule has 0 spiro atoms. The van der Waals surface area contributed by atoms with Crippen molar-refractivity contribution >= 4 is 10.0 Å². The van der Waals surface area contributed by atoms with Gasteiger partial charge in [-0.15, -0.1) is 0 Å². The van der Waals surface area contributed by atoms with Crippen LogP contribution in [0.4, 0.5) is 0 Å². The van der Waals surface area contributed by atoms with Crippen molar-refractivity contribution in [1.82, 2.24) is 14.1 Å². The monoisotopic (exact) mass is 393 g/mol. The van der Waals surface area contributed by atoms with Gasteiger partial charge in [0.2, 0.25) is 10.0 Å². The zero-order chi connectivity index (χ0) is 18.9. The number of fused-ring (bicyclic) bond motifs is 1. The maximum absolute atomic E-state index is 13.2. The molecule has 1 unspecified atom stereocenters. The van der Waals surface area contributed by atoms with Crippen LogP contribution in [0.25, 0.3) is 0 Å². The van der Waals surface area contributed by atoms with Gasteiger partial charge in [-0.2, -0.15) is 9.40 Å². The summed E-state index contributed by atoms with van der Waals surface area (Å²) in [5.41, 5.74) is 0.885. The molecular formula is C18H23N3O5S. The van der Waals surface area contributed by atoms with Gasteiger partial charge < -0.3 is 14.2 Å². The summed E-state index contributed by atoms with van der Waals surface area (Å²) in [7, 11) is -3.66. The van der Waals surface area contributed by atoms with Crippen LogP contribution < -0.4 is 9.47 Å². The number of benzene rings is 1. The SMILES string of the molecule is CCn1cc(C2CN(S(=O)(=O)c3ccc4c(c3)OCCCO4)CCO2)cn1. The van der Waals surface area contributed by atoms with E-state index in [1.807, 2.05) is 13.1 Å². The summed E-state index contributed by atoms with van der Waals surface area (Å²) in [6.45, 7) is 4.74. The summed E-state index contributed by atoms with van der Waals surface area (Å²) in [5.74, 6) is 1.06. The van der Waals surface area contributed by atoms with E-state index < -0.39 is 10.0 Å². The molecule has 27 heavy (non-hydrogen) atoms. The van der Waals surface area contributed by atoms with Gasteiger partial charge in [-0.05, 0) is 19.1 Å². The molecule has 0 amide bonds. The smallest absolute Gasteiger partial charge is 0.243 e. The standard InChI is InChI=1S/C18H23N3O5S/c1-2-20-12-14(11-19-20)18-13-21(6-9-26-18)27(22,23)15-4-5-16-17(10-15)25-8-3-7-24-16/h4-5,10-12,18H,2-3,6-9,13H2,1H3. The number of nitrogens with zero attached hydrogens (tertiary/aromatic N) is 3. The molecule has 1 aromatic carbocycles. The van der Waals surface area contributed by atoms with E-state index in [-0.39, 0.29) is 17.5 Å². The van der Waals surface area contributed by atoms with Crippen molar-refractivity contribution in [3.05, 3.63) is 36.2 Å². The van der Waals surface area contributed by atoms with Crippen LogP contribution in [0.3, 0.4) is 0 Å². The lowest BCUT2D eigenvalue weighted by Crippen LogP contribution is -2.42. The van der Waals surface area contributed by atoms with Gasteiger partial charge in [0.25, 0.3) is 0 Å². The second kappa shape index (κ2) is 7.49. The molecule has 0 saturated carbocycles. The van der Waals surface area contributed by atoms with E-state index in [1.165, 1.54) is 4.31 Å². The third-order valence-corrected chi connectivity index (χ3v) is 6.60. The highest BCUT2D eigenvalue weighted by Crippen LogP contribution is 2.34. The summed E-state index contributed by atoms with van der Waals surface area (Å²) < 4.78 is 46.6. The third kappa shape index (κ3) is 3.67. The van der Waals surface area contributed by atoms with Crippen molar-refractivity contribution in [2.75, 3.05) is 32.9 Å². The quantitative estimate of drug-likeness (QED) is 0.788. The molecule has 1 aromatic heterocycles. The summed E-state index contributed by atoms with van der Waals surface area (Å²) in [5, 5.41) is 4.25. The summed E-state index contributed by atoms with van der Waals surface area (Å²) >= 11 is 0. The molecule has 8 nitrogen and oxygen atoms in total. The van der Waals surface area contributed by atoms with Crippen LogP contribution in [0.2, 0.25) is 0 Å². The number of morpholine rings is 1. The molecule has 1 atom stereocenters. The van der Waals surface area contributed by atoms with E-state index in [0.29, 0.717) is 37.9 Å². The number of aryl methyl sites for hydroxylation is 1. The number of hydrogen-bond donors (Lipinski definition) is 0. The van der Waals surface area contributed by atoms with Gasteiger partial charge in [0.1, 0.15) is 0 Å². The lowest BCUT2D eigenvalue weighted by Gasteiger charge is -2.31. The molecule has 2 aromatic rings. The van der Waals surface area contributed by atoms with E-state index in [2.05, 4.69) is 5.10 Å². The summed E-state index contributed by atoms with van der Waals surface area (Å²) in [4.78, 5) is 0.205. The van der Waals surface area contributed by atoms with Gasteiger partial charge in [-0.25, -0.2) is 8.42 Å². The summed E-state index contributed by atoms with van der Waals surface area (Å²) in [6.07, 6.45) is 4.08. The molecule has 2 aliphatic rings. The van der Waals surface area contributed by atoms with Crippen LogP contribution in [0.1, 0.15) is 25.0 Å². The van der Waals surface area contributed by atoms with E-state index in [1.54, 1.807) is 29.1 Å². The van der Waals surface area contributed by atoms with E-state index in [9.17, 15) is 8.42 Å². The first-order valence-corrected chi connectivity index (χ1v) is 10.6. The molecule has 2 aliphatic heterocycles. The average Bonchev–Trinajstić information content (AvgIpc) is 3.06. The number of sulfonamides is 1. The molecule has 1 fully saturated rings. The van der Waals surface area contributed by atoms with Gasteiger partial charge in [-0.3, -0.25) is 4.68 Å². The Morgan fingerprint density at radius 1 is 1.19 bits per heavy atom. The Morgan fingerprint density at radius 2 is 2.00 bits per heavy atom. The number of hydrogen-bond acceptors (Lipinski definition) is 6. The maximum Gasteiger partial charge on any atom is 0.243 e. The molecule has 0 aliphatic carbocycles. The van der Waals surface area contributed by atoms with Gasteiger partial charge >= 0.3 is 0 Å². The van der Waals surface area contributed by atoms with Crippen LogP contribution in [0.5, 0.6) is 11.5 Å². The van der Waals surface area contributed by atoms with E-state index >= 15 is 0 Å². The van der Waals surface area contributed by atoms with E-state index in [4.69, 9.17) is 14.2 Å². The highest BCUT2D eigenvalue weighted by Gasteiger charge is 2.32. The fourth-order valence-electron chi connectivity index (χ4n) is 3.22. The lowest BCUT2D eigenvalue weighted by atomic mass is 10.2. The molecule has 4 rings (SSSR count). The van der Waals surface area contributed by atoms with Gasteiger partial charge in [0.05, 0.1) is 37.0 Å².